The zero-order valence-electron chi connectivity index (χ0n) is 14.3. The van der Waals surface area contributed by atoms with E-state index >= 15 is 0 Å². The van der Waals surface area contributed by atoms with Crippen molar-refractivity contribution in [1.29, 1.82) is 0 Å². The van der Waals surface area contributed by atoms with Gasteiger partial charge in [0.05, 0.1) is 5.52 Å². The summed E-state index contributed by atoms with van der Waals surface area (Å²) in [5.41, 5.74) is 5.11. The highest BCUT2D eigenvalue weighted by Crippen LogP contribution is 2.24. The Morgan fingerprint density at radius 1 is 1.12 bits per heavy atom. The van der Waals surface area contributed by atoms with E-state index in [1.807, 2.05) is 0 Å². The monoisotopic (exact) mass is 319 g/mol. The van der Waals surface area contributed by atoms with E-state index in [0.717, 1.165) is 18.0 Å². The molecular formula is C21H25N3. The fourth-order valence-electron chi connectivity index (χ4n) is 3.95. The second-order valence-electron chi connectivity index (χ2n) is 7.13. The van der Waals surface area contributed by atoms with Gasteiger partial charge < -0.3 is 0 Å². The molecule has 24 heavy (non-hydrogen) atoms. The lowest BCUT2D eigenvalue weighted by Crippen LogP contribution is -2.35. The Labute approximate surface area is 143 Å². The highest BCUT2D eigenvalue weighted by Gasteiger charge is 2.20. The molecule has 0 saturated carbocycles. The lowest BCUT2D eigenvalue weighted by molar-refractivity contribution is 0.167. The van der Waals surface area contributed by atoms with Crippen LogP contribution in [0.5, 0.6) is 0 Å². The van der Waals surface area contributed by atoms with Crippen LogP contribution in [0.25, 0.3) is 10.9 Å². The minimum atomic E-state index is 0.757. The highest BCUT2D eigenvalue weighted by atomic mass is 15.1. The Morgan fingerprint density at radius 3 is 2.88 bits per heavy atom. The number of rotatable bonds is 4. The molecule has 124 valence electrons. The summed E-state index contributed by atoms with van der Waals surface area (Å²) in [5.74, 6) is 0.757. The SMILES string of the molecule is Cc1[nH]nc2ccc(CC3CCCN(Cc4ccccc4)C3)cc12. The minimum absolute atomic E-state index is 0.757. The number of nitrogens with one attached hydrogen (secondary N) is 1. The summed E-state index contributed by atoms with van der Waals surface area (Å²) in [6.45, 7) is 5.61. The van der Waals surface area contributed by atoms with Crippen LogP contribution in [0.15, 0.2) is 48.5 Å². The van der Waals surface area contributed by atoms with Crippen molar-refractivity contribution >= 4 is 10.9 Å². The molecule has 4 rings (SSSR count). The molecule has 2 heterocycles. The third-order valence-corrected chi connectivity index (χ3v) is 5.19. The normalized spacial score (nSPS) is 19.0. The van der Waals surface area contributed by atoms with E-state index in [1.165, 1.54) is 54.6 Å². The summed E-state index contributed by atoms with van der Waals surface area (Å²) < 4.78 is 0. The zero-order chi connectivity index (χ0) is 16.4. The van der Waals surface area contributed by atoms with Crippen LogP contribution in [0, 0.1) is 12.8 Å². The third-order valence-electron chi connectivity index (χ3n) is 5.19. The van der Waals surface area contributed by atoms with Gasteiger partial charge in [-0.1, -0.05) is 36.4 Å². The first-order valence-corrected chi connectivity index (χ1v) is 8.98. The lowest BCUT2D eigenvalue weighted by atomic mass is 9.90. The van der Waals surface area contributed by atoms with E-state index < -0.39 is 0 Å². The molecule has 3 aromatic rings. The topological polar surface area (TPSA) is 31.9 Å². The summed E-state index contributed by atoms with van der Waals surface area (Å²) in [6.07, 6.45) is 3.82. The number of H-pyrrole nitrogens is 1. The van der Waals surface area contributed by atoms with Crippen LogP contribution < -0.4 is 0 Å². The molecule has 3 nitrogen and oxygen atoms in total. The Bertz CT molecular complexity index is 806. The first-order valence-electron chi connectivity index (χ1n) is 8.98. The fourth-order valence-corrected chi connectivity index (χ4v) is 3.95. The van der Waals surface area contributed by atoms with E-state index in [1.54, 1.807) is 0 Å². The van der Waals surface area contributed by atoms with Gasteiger partial charge in [0.2, 0.25) is 0 Å². The van der Waals surface area contributed by atoms with Crippen LogP contribution >= 0.6 is 0 Å². The molecule has 1 fully saturated rings. The van der Waals surface area contributed by atoms with Gasteiger partial charge in [0.25, 0.3) is 0 Å². The number of hydrogen-bond donors (Lipinski definition) is 1. The molecule has 1 unspecified atom stereocenters. The molecule has 0 spiro atoms. The van der Waals surface area contributed by atoms with Crippen LogP contribution in [0.3, 0.4) is 0 Å². The van der Waals surface area contributed by atoms with Crippen LogP contribution in [0.2, 0.25) is 0 Å². The van der Waals surface area contributed by atoms with Gasteiger partial charge in [-0.15, -0.1) is 0 Å². The number of likely N-dealkylation sites (tertiary alicyclic amines) is 1. The zero-order valence-corrected chi connectivity index (χ0v) is 14.3. The Kier molecular flexibility index (Phi) is 4.35. The molecule has 1 N–H and O–H groups in total. The van der Waals surface area contributed by atoms with Crippen LogP contribution in [0.1, 0.15) is 29.7 Å². The number of aromatic amines is 1. The quantitative estimate of drug-likeness (QED) is 0.776. The Hall–Kier alpha value is -2.13. The van der Waals surface area contributed by atoms with Crippen molar-refractivity contribution in [1.82, 2.24) is 15.1 Å². The molecule has 1 atom stereocenters. The molecule has 1 aromatic heterocycles. The molecule has 1 saturated heterocycles. The second-order valence-corrected chi connectivity index (χ2v) is 7.13. The van der Waals surface area contributed by atoms with Crippen molar-refractivity contribution in [3.05, 3.63) is 65.4 Å². The van der Waals surface area contributed by atoms with Crippen molar-refractivity contribution in [2.75, 3.05) is 13.1 Å². The van der Waals surface area contributed by atoms with Gasteiger partial charge in [-0.3, -0.25) is 10.00 Å². The highest BCUT2D eigenvalue weighted by molar-refractivity contribution is 5.81. The van der Waals surface area contributed by atoms with E-state index in [2.05, 4.69) is 70.6 Å². The van der Waals surface area contributed by atoms with Crippen LogP contribution in [-0.4, -0.2) is 28.2 Å². The predicted molar refractivity (Wildman–Crippen MR) is 99.0 cm³/mol. The number of fused-ring (bicyclic) bond motifs is 1. The Balaban J connectivity index is 1.42. The number of aromatic nitrogens is 2. The summed E-state index contributed by atoms with van der Waals surface area (Å²) in [4.78, 5) is 2.62. The first-order chi connectivity index (χ1) is 11.8. The smallest absolute Gasteiger partial charge is 0.0923 e. The molecule has 0 radical (unpaired) electrons. The van der Waals surface area contributed by atoms with Crippen molar-refractivity contribution in [2.45, 2.75) is 32.7 Å². The van der Waals surface area contributed by atoms with Gasteiger partial charge in [-0.05, 0) is 61.9 Å². The maximum atomic E-state index is 4.33. The van der Waals surface area contributed by atoms with Gasteiger partial charge >= 0.3 is 0 Å². The van der Waals surface area contributed by atoms with Gasteiger partial charge in [-0.25, -0.2) is 0 Å². The van der Waals surface area contributed by atoms with Gasteiger partial charge in [-0.2, -0.15) is 5.10 Å². The first kappa shape index (κ1) is 15.4. The average molecular weight is 319 g/mol. The summed E-state index contributed by atoms with van der Waals surface area (Å²) in [6, 6.07) is 17.6. The minimum Gasteiger partial charge on any atom is -0.299 e. The van der Waals surface area contributed by atoms with Crippen LogP contribution in [0.4, 0.5) is 0 Å². The molecule has 2 aromatic carbocycles. The number of aryl methyl sites for hydroxylation is 1. The fraction of sp³-hybridized carbons (Fsp3) is 0.381. The molecule has 1 aliphatic heterocycles. The van der Waals surface area contributed by atoms with E-state index in [0.29, 0.717) is 0 Å². The third kappa shape index (κ3) is 3.36. The van der Waals surface area contributed by atoms with E-state index in [9.17, 15) is 0 Å². The molecular weight excluding hydrogens is 294 g/mol. The predicted octanol–water partition coefficient (Wildman–Crippen LogP) is 4.33. The molecule has 1 aliphatic rings. The van der Waals surface area contributed by atoms with Crippen molar-refractivity contribution < 1.29 is 0 Å². The maximum absolute atomic E-state index is 4.33. The number of hydrogen-bond acceptors (Lipinski definition) is 2. The van der Waals surface area contributed by atoms with Gasteiger partial charge in [0.15, 0.2) is 0 Å². The van der Waals surface area contributed by atoms with Crippen molar-refractivity contribution in [3.63, 3.8) is 0 Å². The van der Waals surface area contributed by atoms with Gasteiger partial charge in [0.1, 0.15) is 0 Å². The van der Waals surface area contributed by atoms with E-state index in [-0.39, 0.29) is 0 Å². The lowest BCUT2D eigenvalue weighted by Gasteiger charge is -2.33. The maximum Gasteiger partial charge on any atom is 0.0923 e. The summed E-state index contributed by atoms with van der Waals surface area (Å²) in [7, 11) is 0. The second kappa shape index (κ2) is 6.78. The summed E-state index contributed by atoms with van der Waals surface area (Å²) >= 11 is 0. The standard InChI is InChI=1S/C21H25N3/c1-16-20-13-18(9-10-21(20)23-22-16)12-19-8-5-11-24(15-19)14-17-6-3-2-4-7-17/h2-4,6-7,9-10,13,19H,5,8,11-12,14-15H2,1H3,(H,22,23). The van der Waals surface area contributed by atoms with Crippen molar-refractivity contribution in [2.24, 2.45) is 5.92 Å². The number of benzene rings is 2. The molecule has 0 bridgehead atoms. The van der Waals surface area contributed by atoms with Crippen molar-refractivity contribution in [3.8, 4) is 0 Å². The van der Waals surface area contributed by atoms with Gasteiger partial charge in [0, 0.05) is 24.2 Å². The van der Waals surface area contributed by atoms with E-state index in [4.69, 9.17) is 0 Å². The average Bonchev–Trinajstić information content (AvgIpc) is 2.97. The van der Waals surface area contributed by atoms with Crippen LogP contribution in [-0.2, 0) is 13.0 Å². The molecule has 0 aliphatic carbocycles. The number of nitrogens with zero attached hydrogens (tertiary/aromatic N) is 2. The molecule has 3 heteroatoms. The molecule has 0 amide bonds. The summed E-state index contributed by atoms with van der Waals surface area (Å²) in [5, 5.41) is 8.68. The largest absolute Gasteiger partial charge is 0.299 e. The Morgan fingerprint density at radius 2 is 2.00 bits per heavy atom. The number of piperidine rings is 1.